The summed E-state index contributed by atoms with van der Waals surface area (Å²) in [6.07, 6.45) is 13.1. The predicted octanol–water partition coefficient (Wildman–Crippen LogP) is 9.37. The van der Waals surface area contributed by atoms with E-state index in [0.29, 0.717) is 0 Å². The summed E-state index contributed by atoms with van der Waals surface area (Å²) >= 11 is 0. The molecule has 0 saturated heterocycles. The quantitative estimate of drug-likeness (QED) is 0.181. The molecule has 8 aromatic rings. The van der Waals surface area contributed by atoms with E-state index in [9.17, 15) is 0 Å². The molecule has 0 spiro atoms. The van der Waals surface area contributed by atoms with Gasteiger partial charge in [0.15, 0.2) is 0 Å². The first-order valence-electron chi connectivity index (χ1n) is 14.0. The van der Waals surface area contributed by atoms with Crippen molar-refractivity contribution >= 4 is 99.7 Å². The van der Waals surface area contributed by atoms with E-state index in [0.717, 1.165) is 0 Å². The van der Waals surface area contributed by atoms with Crippen molar-refractivity contribution in [3.63, 3.8) is 0 Å². The molecule has 0 atom stereocenters. The van der Waals surface area contributed by atoms with Gasteiger partial charge in [-0.15, -0.1) is 0 Å². The lowest BCUT2D eigenvalue weighted by Gasteiger charge is -2.10. The second-order valence-electron chi connectivity index (χ2n) is 11.6. The topological polar surface area (TPSA) is 0 Å². The second kappa shape index (κ2) is 7.25. The average molecular weight is 503 g/mol. The summed E-state index contributed by atoms with van der Waals surface area (Å²) in [6.45, 7) is 0. The molecule has 0 aromatic heterocycles. The third kappa shape index (κ3) is 2.91. The molecular formula is C40H22. The van der Waals surface area contributed by atoms with Gasteiger partial charge in [0.2, 0.25) is 0 Å². The van der Waals surface area contributed by atoms with E-state index < -0.39 is 0 Å². The Morgan fingerprint density at radius 2 is 0.450 bits per heavy atom. The molecular weight excluding hydrogens is 480 g/mol. The van der Waals surface area contributed by atoms with Crippen LogP contribution < -0.4 is 10.4 Å². The van der Waals surface area contributed by atoms with Gasteiger partial charge in [0.25, 0.3) is 0 Å². The summed E-state index contributed by atoms with van der Waals surface area (Å²) in [5.41, 5.74) is 2.62. The van der Waals surface area contributed by atoms with Gasteiger partial charge in [-0.2, -0.15) is 0 Å². The van der Waals surface area contributed by atoms with Crippen molar-refractivity contribution in [3.05, 3.63) is 131 Å². The fourth-order valence-electron chi connectivity index (χ4n) is 7.02. The van der Waals surface area contributed by atoms with Crippen molar-refractivity contribution in [1.82, 2.24) is 0 Å². The summed E-state index contributed by atoms with van der Waals surface area (Å²) in [7, 11) is 0. The van der Waals surface area contributed by atoms with Crippen LogP contribution in [0.15, 0.2) is 109 Å². The fourth-order valence-corrected chi connectivity index (χ4v) is 7.02. The van der Waals surface area contributed by atoms with Crippen molar-refractivity contribution in [2.75, 3.05) is 0 Å². The molecule has 10 rings (SSSR count). The summed E-state index contributed by atoms with van der Waals surface area (Å²) < 4.78 is 0. The zero-order valence-corrected chi connectivity index (χ0v) is 21.7. The van der Waals surface area contributed by atoms with Crippen LogP contribution in [0.3, 0.4) is 0 Å². The number of hydrogen-bond acceptors (Lipinski definition) is 0. The van der Waals surface area contributed by atoms with Gasteiger partial charge in [0, 0.05) is 0 Å². The Balaban J connectivity index is 1.19. The van der Waals surface area contributed by atoms with E-state index in [-0.39, 0.29) is 0 Å². The summed E-state index contributed by atoms with van der Waals surface area (Å²) in [4.78, 5) is 0. The van der Waals surface area contributed by atoms with Crippen LogP contribution in [0.1, 0.15) is 11.1 Å². The summed E-state index contributed by atoms with van der Waals surface area (Å²) in [5, 5.41) is 20.7. The van der Waals surface area contributed by atoms with Crippen LogP contribution >= 0.6 is 0 Å². The number of allylic oxidation sites excluding steroid dienone is 2. The molecule has 0 saturated carbocycles. The zero-order chi connectivity index (χ0) is 25.9. The number of hydrogen-bond donors (Lipinski definition) is 0. The number of fused-ring (bicyclic) bond motifs is 9. The monoisotopic (exact) mass is 502 g/mol. The molecule has 182 valence electrons. The Morgan fingerprint density at radius 1 is 0.225 bits per heavy atom. The van der Waals surface area contributed by atoms with Gasteiger partial charge in [0.1, 0.15) is 0 Å². The highest BCUT2D eigenvalue weighted by Crippen LogP contribution is 2.34. The van der Waals surface area contributed by atoms with E-state index >= 15 is 0 Å². The standard InChI is InChI=1S/C40H22/c1-3-23-7-27-11-31-15-35-19-39-21-37-17-33-13-29-9-25-5-2-6-26(25)10-30(29)14-34(33)18-38(37)22-40(39)20-36(35)16-32(31)12-28(27)8-24(23)4-1/h1-22H. The highest BCUT2D eigenvalue weighted by molar-refractivity contribution is 6.12. The third-order valence-electron chi connectivity index (χ3n) is 9.08. The van der Waals surface area contributed by atoms with Crippen molar-refractivity contribution < 1.29 is 0 Å². The Labute approximate surface area is 230 Å². The van der Waals surface area contributed by atoms with Crippen LogP contribution in [0.5, 0.6) is 0 Å². The smallest absolute Gasteiger partial charge is 0.0171 e. The molecule has 40 heavy (non-hydrogen) atoms. The van der Waals surface area contributed by atoms with Crippen molar-refractivity contribution in [2.45, 2.75) is 0 Å². The van der Waals surface area contributed by atoms with Crippen molar-refractivity contribution in [3.8, 4) is 0 Å². The Hall–Kier alpha value is -5.20. The molecule has 0 fully saturated rings. The minimum atomic E-state index is 1.29. The lowest BCUT2D eigenvalue weighted by molar-refractivity contribution is 1.66. The van der Waals surface area contributed by atoms with Crippen LogP contribution in [0.25, 0.3) is 99.7 Å². The molecule has 0 unspecified atom stereocenters. The van der Waals surface area contributed by atoms with Crippen LogP contribution in [0, 0.1) is 0 Å². The van der Waals surface area contributed by atoms with Crippen molar-refractivity contribution in [2.24, 2.45) is 0 Å². The molecule has 0 N–H and O–H groups in total. The minimum absolute atomic E-state index is 1.29. The molecule has 2 aliphatic rings. The van der Waals surface area contributed by atoms with Crippen molar-refractivity contribution in [1.29, 1.82) is 0 Å². The molecule has 0 heteroatoms. The summed E-state index contributed by atoms with van der Waals surface area (Å²) in [5.74, 6) is 0. The van der Waals surface area contributed by atoms with E-state index in [2.05, 4.69) is 134 Å². The minimum Gasteiger partial charge on any atom is -0.0610 e. The lowest BCUT2D eigenvalue weighted by Crippen LogP contribution is -2.00. The number of benzene rings is 8. The molecule has 0 aliphatic heterocycles. The first-order valence-corrected chi connectivity index (χ1v) is 14.0. The van der Waals surface area contributed by atoms with Gasteiger partial charge >= 0.3 is 0 Å². The van der Waals surface area contributed by atoms with Gasteiger partial charge in [-0.1, -0.05) is 36.5 Å². The van der Waals surface area contributed by atoms with E-state index in [1.165, 1.54) is 97.0 Å². The van der Waals surface area contributed by atoms with Gasteiger partial charge in [-0.05, 0) is 194 Å². The Morgan fingerprint density at radius 3 is 0.725 bits per heavy atom. The van der Waals surface area contributed by atoms with Crippen LogP contribution in [0.4, 0.5) is 0 Å². The maximum atomic E-state index is 2.37. The highest BCUT2D eigenvalue weighted by Gasteiger charge is 2.09. The Kier molecular flexibility index (Phi) is 3.76. The predicted molar refractivity (Wildman–Crippen MR) is 175 cm³/mol. The molecule has 0 heterocycles. The maximum Gasteiger partial charge on any atom is -0.0171 e. The molecule has 0 radical (unpaired) electrons. The van der Waals surface area contributed by atoms with E-state index in [1.54, 1.807) is 0 Å². The lowest BCUT2D eigenvalue weighted by atomic mass is 9.94. The van der Waals surface area contributed by atoms with E-state index in [1.807, 2.05) is 0 Å². The average Bonchev–Trinajstić information content (AvgIpc) is 3.61. The highest BCUT2D eigenvalue weighted by atomic mass is 14.1. The number of rotatable bonds is 0. The van der Waals surface area contributed by atoms with Gasteiger partial charge in [-0.25, -0.2) is 0 Å². The van der Waals surface area contributed by atoms with Gasteiger partial charge in [-0.3, -0.25) is 0 Å². The maximum absolute atomic E-state index is 2.37. The zero-order valence-electron chi connectivity index (χ0n) is 21.7. The SMILES string of the molecule is C1=Cc2cc3cc4cc5cc6cc7cc8cc9cc%10c(cc9cc8cc7cc6cc5cc4cc3cc2=C1)C=CC=%10. The fraction of sp³-hybridized carbons (Fsp3) is 0. The first kappa shape index (κ1) is 20.7. The second-order valence-corrected chi connectivity index (χ2v) is 11.6. The first-order chi connectivity index (χ1) is 19.7. The third-order valence-corrected chi connectivity index (χ3v) is 9.08. The van der Waals surface area contributed by atoms with Crippen LogP contribution in [-0.4, -0.2) is 0 Å². The van der Waals surface area contributed by atoms with E-state index in [4.69, 9.17) is 0 Å². The Bertz CT molecular complexity index is 2490. The van der Waals surface area contributed by atoms with Crippen LogP contribution in [0.2, 0.25) is 0 Å². The van der Waals surface area contributed by atoms with Crippen LogP contribution in [-0.2, 0) is 0 Å². The van der Waals surface area contributed by atoms with Gasteiger partial charge in [0.05, 0.1) is 0 Å². The largest absolute Gasteiger partial charge is 0.0610 e. The molecule has 8 aromatic carbocycles. The van der Waals surface area contributed by atoms with Gasteiger partial charge < -0.3 is 0 Å². The molecule has 0 nitrogen and oxygen atoms in total. The summed E-state index contributed by atoms with van der Waals surface area (Å²) in [6, 6.07) is 37.6. The molecule has 0 bridgehead atoms. The normalized spacial score (nSPS) is 13.7. The molecule has 0 amide bonds. The molecule has 2 aliphatic carbocycles.